The summed E-state index contributed by atoms with van der Waals surface area (Å²) in [4.78, 5) is 10.9. The lowest BCUT2D eigenvalue weighted by Gasteiger charge is -2.31. The Labute approximate surface area is 117 Å². The van der Waals surface area contributed by atoms with Crippen molar-refractivity contribution in [3.05, 3.63) is 34.7 Å². The first-order valence-corrected chi connectivity index (χ1v) is 5.54. The molecule has 2 rings (SSSR count). The molecular weight excluding hydrogens is 330 g/mol. The zero-order chi connectivity index (χ0) is 16.2. The molecule has 11 heteroatoms. The summed E-state index contributed by atoms with van der Waals surface area (Å²) in [5.74, 6) is -2.32. The van der Waals surface area contributed by atoms with Gasteiger partial charge in [0.15, 0.2) is 0 Å². The van der Waals surface area contributed by atoms with E-state index in [2.05, 4.69) is 0 Å². The average Bonchev–Trinajstić information content (AvgIpc) is 2.68. The Kier molecular flexibility index (Phi) is 3.29. The number of aliphatic carboxylic acids is 1. The summed E-state index contributed by atoms with van der Waals surface area (Å²) in [7, 11) is 0. The summed E-state index contributed by atoms with van der Waals surface area (Å²) in [6.45, 7) is 0. The smallest absolute Gasteiger partial charge is 0.422 e. The number of carboxylic acid groups (broad SMARTS) is 1. The molecule has 2 aliphatic rings. The quantitative estimate of drug-likeness (QED) is 0.572. The van der Waals surface area contributed by atoms with Gasteiger partial charge in [0.1, 0.15) is 5.16 Å². The summed E-state index contributed by atoms with van der Waals surface area (Å²) in [5, 5.41) is 7.95. The Bertz CT molecular complexity index is 591. The number of rotatable bonds is 1. The number of nitrogens with zero attached hydrogens (tertiary/aromatic N) is 1. The van der Waals surface area contributed by atoms with Crippen LogP contribution in [-0.4, -0.2) is 34.0 Å². The van der Waals surface area contributed by atoms with E-state index >= 15 is 0 Å². The zero-order valence-electron chi connectivity index (χ0n) is 9.68. The minimum atomic E-state index is -5.29. The van der Waals surface area contributed by atoms with E-state index in [0.29, 0.717) is 12.2 Å². The third-order valence-electron chi connectivity index (χ3n) is 2.84. The molecule has 2 heterocycles. The van der Waals surface area contributed by atoms with Gasteiger partial charge >= 0.3 is 18.3 Å². The molecule has 0 spiro atoms. The molecule has 0 saturated heterocycles. The van der Waals surface area contributed by atoms with Crippen LogP contribution < -0.4 is 5.43 Å². The van der Waals surface area contributed by atoms with Crippen molar-refractivity contribution >= 4 is 17.6 Å². The van der Waals surface area contributed by atoms with Crippen LogP contribution in [0.15, 0.2) is 34.7 Å². The van der Waals surface area contributed by atoms with Crippen LogP contribution in [0, 0.1) is 0 Å². The number of carbonyl (C=O) groups is 1. The molecule has 0 aliphatic carbocycles. The Balaban J connectivity index is 2.52. The first-order chi connectivity index (χ1) is 9.40. The number of fused-ring (bicyclic) bond motifs is 1. The number of carboxylic acids is 1. The van der Waals surface area contributed by atoms with Gasteiger partial charge in [-0.25, -0.2) is 4.79 Å². The van der Waals surface area contributed by atoms with Crippen molar-refractivity contribution in [3.8, 4) is 0 Å². The van der Waals surface area contributed by atoms with Gasteiger partial charge in [0, 0.05) is 0 Å². The lowest BCUT2D eigenvalue weighted by molar-refractivity contribution is -0.202. The monoisotopic (exact) mass is 334 g/mol. The molecule has 0 radical (unpaired) electrons. The van der Waals surface area contributed by atoms with E-state index in [1.165, 1.54) is 5.43 Å². The molecule has 116 valence electrons. The minimum Gasteiger partial charge on any atom is -0.479 e. The van der Waals surface area contributed by atoms with E-state index in [1.807, 2.05) is 0 Å². The van der Waals surface area contributed by atoms with Crippen LogP contribution >= 0.6 is 11.6 Å². The average molecular weight is 335 g/mol. The van der Waals surface area contributed by atoms with Crippen LogP contribution in [0.1, 0.15) is 0 Å². The minimum absolute atomic E-state index is 0.242. The second kappa shape index (κ2) is 4.41. The van der Waals surface area contributed by atoms with Crippen LogP contribution in [0.3, 0.4) is 0 Å². The molecule has 2 aliphatic heterocycles. The van der Waals surface area contributed by atoms with Crippen LogP contribution in [0.25, 0.3) is 0 Å². The highest BCUT2D eigenvalue weighted by atomic mass is 35.5. The lowest BCUT2D eigenvalue weighted by atomic mass is 10.00. The fraction of sp³-hybridized carbons (Fsp3) is 0.300. The van der Waals surface area contributed by atoms with E-state index in [9.17, 15) is 31.1 Å². The van der Waals surface area contributed by atoms with Gasteiger partial charge in [-0.05, 0) is 18.2 Å². The first-order valence-electron chi connectivity index (χ1n) is 5.16. The molecule has 1 atom stereocenters. The molecule has 0 aromatic rings. The van der Waals surface area contributed by atoms with Crippen molar-refractivity contribution in [2.45, 2.75) is 17.9 Å². The van der Waals surface area contributed by atoms with Crippen molar-refractivity contribution in [1.82, 2.24) is 10.4 Å². The third-order valence-corrected chi connectivity index (χ3v) is 3.21. The Morgan fingerprint density at radius 3 is 2.24 bits per heavy atom. The number of halogens is 7. The number of hydrogen-bond donors (Lipinski definition) is 2. The van der Waals surface area contributed by atoms with Gasteiger partial charge in [0.05, 0.1) is 11.3 Å². The molecule has 0 amide bonds. The first kappa shape index (κ1) is 15.7. The molecule has 1 unspecified atom stereocenters. The highest BCUT2D eigenvalue weighted by Gasteiger charge is 2.64. The summed E-state index contributed by atoms with van der Waals surface area (Å²) < 4.78 is 76.7. The Morgan fingerprint density at radius 2 is 1.81 bits per heavy atom. The van der Waals surface area contributed by atoms with Gasteiger partial charge in [-0.15, -0.1) is 0 Å². The van der Waals surface area contributed by atoms with Crippen molar-refractivity contribution in [2.75, 3.05) is 0 Å². The highest BCUT2D eigenvalue weighted by molar-refractivity contribution is 6.30. The highest BCUT2D eigenvalue weighted by Crippen LogP contribution is 2.43. The van der Waals surface area contributed by atoms with Gasteiger partial charge in [-0.1, -0.05) is 11.6 Å². The van der Waals surface area contributed by atoms with E-state index in [4.69, 9.17) is 16.7 Å². The number of alkyl halides is 6. The molecular formula is C10H5ClF6N2O2. The SMILES string of the molecule is O=C(O)C1(C(F)(F)F)C=C2C=CC(C(F)(F)F)=C(Cl)N2N1. The summed E-state index contributed by atoms with van der Waals surface area (Å²) in [6, 6.07) is 0. The molecule has 0 fully saturated rings. The Hall–Kier alpha value is -1.68. The molecule has 2 N–H and O–H groups in total. The van der Waals surface area contributed by atoms with Gasteiger partial charge in [0.25, 0.3) is 5.54 Å². The van der Waals surface area contributed by atoms with E-state index in [1.54, 1.807) is 0 Å². The van der Waals surface area contributed by atoms with Crippen molar-refractivity contribution < 1.29 is 36.2 Å². The standard InChI is InChI=1S/C10H5ClF6N2O2/c11-6-5(9(12,13)14)2-1-4-3-8(7(20)21,10(15,16)17)18-19(4)6/h1-3,18H,(H,20,21). The zero-order valence-corrected chi connectivity index (χ0v) is 10.4. The molecule has 21 heavy (non-hydrogen) atoms. The third kappa shape index (κ3) is 2.27. The Morgan fingerprint density at radius 1 is 1.24 bits per heavy atom. The summed E-state index contributed by atoms with van der Waals surface area (Å²) >= 11 is 5.42. The van der Waals surface area contributed by atoms with Gasteiger partial charge in [0.2, 0.25) is 0 Å². The maximum Gasteiger partial charge on any atom is 0.422 e. The fourth-order valence-electron chi connectivity index (χ4n) is 1.79. The molecule has 0 saturated carbocycles. The number of allylic oxidation sites excluding steroid dienone is 3. The van der Waals surface area contributed by atoms with Gasteiger partial charge < -0.3 is 5.11 Å². The molecule has 0 aromatic heterocycles. The number of nitrogens with one attached hydrogen (secondary N) is 1. The normalized spacial score (nSPS) is 26.0. The van der Waals surface area contributed by atoms with Crippen molar-refractivity contribution in [1.29, 1.82) is 0 Å². The maximum atomic E-state index is 12.9. The largest absolute Gasteiger partial charge is 0.479 e. The van der Waals surface area contributed by atoms with Crippen LogP contribution in [-0.2, 0) is 4.79 Å². The molecule has 0 aromatic carbocycles. The second-order valence-corrected chi connectivity index (χ2v) is 4.52. The second-order valence-electron chi connectivity index (χ2n) is 4.16. The van der Waals surface area contributed by atoms with E-state index < -0.39 is 40.3 Å². The van der Waals surface area contributed by atoms with Gasteiger partial charge in [-0.3, -0.25) is 5.01 Å². The number of hydrogen-bond acceptors (Lipinski definition) is 3. The number of hydrazine groups is 1. The van der Waals surface area contributed by atoms with Crippen molar-refractivity contribution in [3.63, 3.8) is 0 Å². The van der Waals surface area contributed by atoms with E-state index in [0.717, 1.165) is 0 Å². The predicted molar refractivity (Wildman–Crippen MR) is 57.6 cm³/mol. The lowest BCUT2D eigenvalue weighted by Crippen LogP contribution is -2.61. The van der Waals surface area contributed by atoms with Gasteiger partial charge in [-0.2, -0.15) is 31.8 Å². The fourth-order valence-corrected chi connectivity index (χ4v) is 2.10. The van der Waals surface area contributed by atoms with E-state index in [-0.39, 0.29) is 11.1 Å². The van der Waals surface area contributed by atoms with Crippen molar-refractivity contribution in [2.24, 2.45) is 0 Å². The summed E-state index contributed by atoms with van der Waals surface area (Å²) in [6.07, 6.45) is -8.76. The topological polar surface area (TPSA) is 52.6 Å². The summed E-state index contributed by atoms with van der Waals surface area (Å²) in [5.41, 5.74) is -3.92. The van der Waals surface area contributed by atoms with Crippen LogP contribution in [0.2, 0.25) is 0 Å². The predicted octanol–water partition coefficient (Wildman–Crippen LogP) is 2.66. The molecule has 0 bridgehead atoms. The van der Waals surface area contributed by atoms with Crippen LogP contribution in [0.4, 0.5) is 26.3 Å². The molecule has 4 nitrogen and oxygen atoms in total. The maximum absolute atomic E-state index is 12.9. The van der Waals surface area contributed by atoms with Crippen LogP contribution in [0.5, 0.6) is 0 Å².